The average molecular weight is 426 g/mol. The second-order valence-corrected chi connectivity index (χ2v) is 8.80. The van der Waals surface area contributed by atoms with Crippen molar-refractivity contribution in [3.8, 4) is 0 Å². The molecule has 4 atom stereocenters. The molecule has 1 aromatic carbocycles. The first-order valence-electron chi connectivity index (χ1n) is 11.0. The van der Waals surface area contributed by atoms with Gasteiger partial charge in [0.05, 0.1) is 12.1 Å². The number of quaternary nitrogens is 1. The predicted molar refractivity (Wildman–Crippen MR) is 113 cm³/mol. The third-order valence-electron chi connectivity index (χ3n) is 7.31. The molecular weight excluding hydrogens is 398 g/mol. The number of carbonyl (C=O) groups excluding carboxylic acids is 5. The van der Waals surface area contributed by atoms with Crippen LogP contribution in [0.1, 0.15) is 73.1 Å². The Morgan fingerprint density at radius 3 is 2.45 bits per heavy atom. The van der Waals surface area contributed by atoms with Gasteiger partial charge in [-0.1, -0.05) is 6.07 Å². The van der Waals surface area contributed by atoms with Crippen molar-refractivity contribution in [3.63, 3.8) is 0 Å². The van der Waals surface area contributed by atoms with Crippen LogP contribution in [0.25, 0.3) is 0 Å². The van der Waals surface area contributed by atoms with Crippen molar-refractivity contribution in [2.45, 2.75) is 70.5 Å². The number of hydrogen-bond acceptors (Lipinski definition) is 5. The van der Waals surface area contributed by atoms with E-state index in [2.05, 4.69) is 19.2 Å². The van der Waals surface area contributed by atoms with Crippen LogP contribution in [0, 0.1) is 0 Å². The maximum atomic E-state index is 13.4. The molecule has 2 saturated heterocycles. The zero-order valence-corrected chi connectivity index (χ0v) is 17.9. The number of benzene rings is 1. The summed E-state index contributed by atoms with van der Waals surface area (Å²) in [5.41, 5.74) is 1.55. The van der Waals surface area contributed by atoms with Gasteiger partial charge in [0.1, 0.15) is 35.7 Å². The Hall–Kier alpha value is -2.87. The Morgan fingerprint density at radius 1 is 1.06 bits per heavy atom. The van der Waals surface area contributed by atoms with Crippen LogP contribution in [0.4, 0.5) is 5.69 Å². The van der Waals surface area contributed by atoms with Crippen molar-refractivity contribution < 1.29 is 24.0 Å². The van der Waals surface area contributed by atoms with Gasteiger partial charge in [-0.15, -0.1) is 0 Å². The molecule has 4 rings (SSSR count). The summed E-state index contributed by atoms with van der Waals surface area (Å²) in [4.78, 5) is 62.0. The molecule has 164 valence electrons. The molecule has 0 spiro atoms. The van der Waals surface area contributed by atoms with Crippen LogP contribution in [0.3, 0.4) is 0 Å². The van der Waals surface area contributed by atoms with Crippen molar-refractivity contribution >= 4 is 35.6 Å². The highest BCUT2D eigenvalue weighted by Gasteiger charge is 2.63. The zero-order chi connectivity index (χ0) is 22.3. The van der Waals surface area contributed by atoms with Crippen LogP contribution in [0.5, 0.6) is 0 Å². The molecular formula is C23H28N3O5+. The minimum Gasteiger partial charge on any atom is -0.303 e. The Balaban J connectivity index is 1.64. The number of amides is 4. The van der Waals surface area contributed by atoms with Crippen molar-refractivity contribution in [3.05, 3.63) is 29.3 Å². The summed E-state index contributed by atoms with van der Waals surface area (Å²) in [5.74, 6) is -1.90. The molecule has 3 unspecified atom stereocenters. The molecule has 1 aromatic rings. The standard InChI is InChI=1S/C23H27N3O5/c1-14-15(2)26(14,12-5-3-4-6-13-27)18-9-7-8-16-20(18)23(31)25(22(16)30)17-10-11-19(28)24-21(17)29/h7-9,13-15,17H,3-6,10-12H2,1-2H3/p+1/t14-,15?,17?,26?/m0/s1. The lowest BCUT2D eigenvalue weighted by molar-refractivity contribution is -0.136. The van der Waals surface area contributed by atoms with Crippen molar-refractivity contribution in [1.82, 2.24) is 14.7 Å². The fourth-order valence-corrected chi connectivity index (χ4v) is 5.35. The van der Waals surface area contributed by atoms with Crippen molar-refractivity contribution in [2.75, 3.05) is 6.54 Å². The number of imide groups is 2. The normalized spacial score (nSPS) is 29.7. The van der Waals surface area contributed by atoms with Crippen molar-refractivity contribution in [1.29, 1.82) is 0 Å². The highest BCUT2D eigenvalue weighted by atomic mass is 16.2. The highest BCUT2D eigenvalue weighted by Crippen LogP contribution is 2.49. The lowest BCUT2D eigenvalue weighted by Crippen LogP contribution is -2.54. The maximum absolute atomic E-state index is 13.4. The van der Waals surface area contributed by atoms with Crippen LogP contribution in [-0.4, -0.2) is 59.5 Å². The third-order valence-corrected chi connectivity index (χ3v) is 7.31. The Kier molecular flexibility index (Phi) is 5.51. The molecule has 0 bridgehead atoms. The first-order chi connectivity index (χ1) is 14.8. The van der Waals surface area contributed by atoms with E-state index < -0.39 is 23.8 Å². The van der Waals surface area contributed by atoms with E-state index in [1.165, 1.54) is 0 Å². The van der Waals surface area contributed by atoms with Gasteiger partial charge in [0.2, 0.25) is 11.8 Å². The monoisotopic (exact) mass is 426 g/mol. The summed E-state index contributed by atoms with van der Waals surface area (Å²) in [6, 6.07) is 5.03. The van der Waals surface area contributed by atoms with E-state index in [1.807, 2.05) is 6.07 Å². The van der Waals surface area contributed by atoms with Gasteiger partial charge < -0.3 is 4.79 Å². The molecule has 1 N–H and O–H groups in total. The van der Waals surface area contributed by atoms with Gasteiger partial charge in [-0.05, 0) is 45.6 Å². The van der Waals surface area contributed by atoms with Gasteiger partial charge in [-0.3, -0.25) is 33.9 Å². The number of fused-ring (bicyclic) bond motifs is 1. The number of rotatable bonds is 8. The number of aldehydes is 1. The summed E-state index contributed by atoms with van der Waals surface area (Å²) in [5, 5.41) is 2.24. The molecule has 3 heterocycles. The van der Waals surface area contributed by atoms with E-state index in [4.69, 9.17) is 0 Å². The number of nitrogens with one attached hydrogen (secondary N) is 1. The summed E-state index contributed by atoms with van der Waals surface area (Å²) in [6.45, 7) is 5.13. The van der Waals surface area contributed by atoms with E-state index >= 15 is 0 Å². The average Bonchev–Trinajstić information content (AvgIpc) is 3.16. The van der Waals surface area contributed by atoms with Gasteiger partial charge in [0.25, 0.3) is 11.8 Å². The molecule has 8 nitrogen and oxygen atoms in total. The number of unbranched alkanes of at least 4 members (excludes halogenated alkanes) is 3. The third kappa shape index (κ3) is 3.29. The first kappa shape index (κ1) is 21.4. The van der Waals surface area contributed by atoms with E-state index in [1.54, 1.807) is 12.1 Å². The Bertz CT molecular complexity index is 964. The minimum atomic E-state index is -0.959. The largest absolute Gasteiger partial charge is 0.303 e. The van der Waals surface area contributed by atoms with Crippen LogP contribution >= 0.6 is 0 Å². The molecule has 4 amide bonds. The van der Waals surface area contributed by atoms with Gasteiger partial charge in [0, 0.05) is 18.9 Å². The van der Waals surface area contributed by atoms with Gasteiger partial charge >= 0.3 is 0 Å². The number of carbonyl (C=O) groups is 5. The topological polar surface area (TPSA) is 101 Å². The Labute approximate surface area is 181 Å². The minimum absolute atomic E-state index is 0.103. The van der Waals surface area contributed by atoms with Crippen LogP contribution in [0.15, 0.2) is 18.2 Å². The second kappa shape index (κ2) is 8.00. The second-order valence-electron chi connectivity index (χ2n) is 8.80. The zero-order valence-electron chi connectivity index (χ0n) is 17.9. The molecule has 0 aliphatic carbocycles. The summed E-state index contributed by atoms with van der Waals surface area (Å²) in [7, 11) is 0. The number of hydrogen-bond donors (Lipinski definition) is 1. The molecule has 3 aliphatic rings. The maximum Gasteiger partial charge on any atom is 0.268 e. The molecule has 3 aliphatic heterocycles. The van der Waals surface area contributed by atoms with Crippen molar-refractivity contribution in [2.24, 2.45) is 0 Å². The van der Waals surface area contributed by atoms with Gasteiger partial charge in [-0.25, -0.2) is 0 Å². The quantitative estimate of drug-likeness (QED) is 0.225. The van der Waals surface area contributed by atoms with E-state index in [-0.39, 0.29) is 18.7 Å². The SMILES string of the molecule is CC1[C@H](C)[N+]1(CCCCCC=O)c1cccc2c1C(=O)N(C1CCC(=O)NC1=O)C2=O. The molecule has 8 heteroatoms. The molecule has 0 saturated carbocycles. The highest BCUT2D eigenvalue weighted by molar-refractivity contribution is 6.25. The van der Waals surface area contributed by atoms with Crippen LogP contribution < -0.4 is 9.80 Å². The lowest BCUT2D eigenvalue weighted by Gasteiger charge is -2.28. The van der Waals surface area contributed by atoms with E-state index in [0.29, 0.717) is 34.1 Å². The van der Waals surface area contributed by atoms with E-state index in [9.17, 15) is 24.0 Å². The molecule has 2 fully saturated rings. The van der Waals surface area contributed by atoms with Gasteiger partial charge in [-0.2, -0.15) is 0 Å². The molecule has 0 aromatic heterocycles. The number of nitrogens with zero attached hydrogens (tertiary/aromatic N) is 2. The first-order valence-corrected chi connectivity index (χ1v) is 11.0. The summed E-state index contributed by atoms with van der Waals surface area (Å²) in [6.07, 6.45) is 4.44. The van der Waals surface area contributed by atoms with Crippen LogP contribution in [0.2, 0.25) is 0 Å². The summed E-state index contributed by atoms with van der Waals surface area (Å²) >= 11 is 0. The lowest BCUT2D eigenvalue weighted by atomic mass is 10.0. The summed E-state index contributed by atoms with van der Waals surface area (Å²) < 4.78 is 0.631. The Morgan fingerprint density at radius 2 is 1.81 bits per heavy atom. The van der Waals surface area contributed by atoms with Gasteiger partial charge in [0.15, 0.2) is 0 Å². The predicted octanol–water partition coefficient (Wildman–Crippen LogP) is 1.94. The van der Waals surface area contributed by atoms with Crippen LogP contribution in [-0.2, 0) is 14.4 Å². The molecule has 0 radical (unpaired) electrons. The fourth-order valence-electron chi connectivity index (χ4n) is 5.35. The smallest absolute Gasteiger partial charge is 0.268 e. The molecule has 31 heavy (non-hydrogen) atoms. The van der Waals surface area contributed by atoms with E-state index in [0.717, 1.165) is 42.7 Å². The fraction of sp³-hybridized carbons (Fsp3) is 0.522. The number of piperidine rings is 1.